The molecule has 2 heterocycles. The van der Waals surface area contributed by atoms with Gasteiger partial charge in [-0.2, -0.15) is 13.5 Å². The Morgan fingerprint density at radius 1 is 1.27 bits per heavy atom. The van der Waals surface area contributed by atoms with Gasteiger partial charge in [-0.05, 0) is 17.5 Å². The minimum atomic E-state index is 0. The third kappa shape index (κ3) is 2.54. The van der Waals surface area contributed by atoms with E-state index >= 15 is 0 Å². The van der Waals surface area contributed by atoms with Crippen LogP contribution in [0.5, 0.6) is 0 Å². The Morgan fingerprint density at radius 2 is 2.00 bits per heavy atom. The highest BCUT2D eigenvalue weighted by atomic mass is 32.1. The minimum absolute atomic E-state index is 0. The van der Waals surface area contributed by atoms with Crippen molar-refractivity contribution < 1.29 is 4.74 Å². The van der Waals surface area contributed by atoms with E-state index in [0.29, 0.717) is 6.10 Å². The lowest BCUT2D eigenvalue weighted by Crippen LogP contribution is -2.33. The number of epoxide rings is 1. The molecule has 0 aromatic heterocycles. The van der Waals surface area contributed by atoms with Crippen molar-refractivity contribution in [3.05, 3.63) is 35.4 Å². The fourth-order valence-electron chi connectivity index (χ4n) is 2.17. The van der Waals surface area contributed by atoms with Crippen LogP contribution in [0.1, 0.15) is 11.1 Å². The van der Waals surface area contributed by atoms with E-state index in [1.807, 2.05) is 0 Å². The second kappa shape index (κ2) is 4.56. The molecule has 0 radical (unpaired) electrons. The van der Waals surface area contributed by atoms with Crippen molar-refractivity contribution in [2.24, 2.45) is 0 Å². The van der Waals surface area contributed by atoms with E-state index in [0.717, 1.165) is 19.7 Å². The molecule has 3 heteroatoms. The molecule has 2 nitrogen and oxygen atoms in total. The zero-order chi connectivity index (χ0) is 9.38. The molecule has 1 aromatic carbocycles. The molecule has 82 valence electrons. The maximum atomic E-state index is 5.26. The predicted octanol–water partition coefficient (Wildman–Crippen LogP) is 1.56. The van der Waals surface area contributed by atoms with E-state index in [1.165, 1.54) is 24.1 Å². The quantitative estimate of drug-likeness (QED) is 0.707. The molecule has 1 atom stereocenters. The molecule has 2 aliphatic rings. The molecule has 1 aromatic rings. The van der Waals surface area contributed by atoms with Gasteiger partial charge in [-0.15, -0.1) is 0 Å². The van der Waals surface area contributed by atoms with Gasteiger partial charge in [-0.25, -0.2) is 0 Å². The third-order valence-electron chi connectivity index (χ3n) is 3.07. The van der Waals surface area contributed by atoms with Crippen molar-refractivity contribution >= 4 is 13.5 Å². The highest BCUT2D eigenvalue weighted by Gasteiger charge is 2.26. The van der Waals surface area contributed by atoms with Crippen LogP contribution >= 0.6 is 13.5 Å². The molecule has 0 N–H and O–H groups in total. The summed E-state index contributed by atoms with van der Waals surface area (Å²) in [4.78, 5) is 2.50. The van der Waals surface area contributed by atoms with Crippen LogP contribution in [0.3, 0.4) is 0 Å². The lowest BCUT2D eigenvalue weighted by Gasteiger charge is -2.27. The molecule has 0 aliphatic carbocycles. The first-order chi connectivity index (χ1) is 6.92. The Labute approximate surface area is 97.7 Å². The van der Waals surface area contributed by atoms with Gasteiger partial charge in [0.1, 0.15) is 0 Å². The van der Waals surface area contributed by atoms with Gasteiger partial charge in [0.05, 0.1) is 12.7 Å². The van der Waals surface area contributed by atoms with Gasteiger partial charge in [0.15, 0.2) is 0 Å². The van der Waals surface area contributed by atoms with Gasteiger partial charge >= 0.3 is 0 Å². The van der Waals surface area contributed by atoms with Crippen molar-refractivity contribution in [2.75, 3.05) is 19.7 Å². The van der Waals surface area contributed by atoms with Crippen molar-refractivity contribution in [2.45, 2.75) is 19.1 Å². The largest absolute Gasteiger partial charge is 0.372 e. The van der Waals surface area contributed by atoms with Gasteiger partial charge in [0, 0.05) is 19.6 Å². The highest BCUT2D eigenvalue weighted by Crippen LogP contribution is 2.20. The van der Waals surface area contributed by atoms with Crippen LogP contribution in [0.2, 0.25) is 0 Å². The second-order valence-corrected chi connectivity index (χ2v) is 4.21. The normalized spacial score (nSPS) is 24.1. The van der Waals surface area contributed by atoms with Crippen molar-refractivity contribution in [1.29, 1.82) is 0 Å². The van der Waals surface area contributed by atoms with E-state index in [-0.39, 0.29) is 13.5 Å². The Hall–Kier alpha value is -0.510. The molecule has 0 spiro atoms. The van der Waals surface area contributed by atoms with Crippen molar-refractivity contribution in [3.8, 4) is 0 Å². The fourth-order valence-corrected chi connectivity index (χ4v) is 2.17. The van der Waals surface area contributed by atoms with Crippen LogP contribution in [0.15, 0.2) is 24.3 Å². The van der Waals surface area contributed by atoms with E-state index in [9.17, 15) is 0 Å². The van der Waals surface area contributed by atoms with Gasteiger partial charge in [-0.3, -0.25) is 4.90 Å². The first-order valence-electron chi connectivity index (χ1n) is 5.32. The summed E-state index contributed by atoms with van der Waals surface area (Å²) in [6.07, 6.45) is 1.73. The van der Waals surface area contributed by atoms with Crippen LogP contribution in [-0.2, 0) is 17.7 Å². The molecule has 1 saturated heterocycles. The maximum Gasteiger partial charge on any atom is 0.0936 e. The Morgan fingerprint density at radius 3 is 2.73 bits per heavy atom. The summed E-state index contributed by atoms with van der Waals surface area (Å²) >= 11 is 0. The smallest absolute Gasteiger partial charge is 0.0936 e. The molecule has 0 saturated carbocycles. The Kier molecular flexibility index (Phi) is 3.34. The van der Waals surface area contributed by atoms with Gasteiger partial charge < -0.3 is 4.74 Å². The first-order valence-corrected chi connectivity index (χ1v) is 5.32. The molecule has 0 amide bonds. The highest BCUT2D eigenvalue weighted by molar-refractivity contribution is 7.59. The molecule has 0 bridgehead atoms. The molecule has 0 unspecified atom stereocenters. The molecule has 2 aliphatic heterocycles. The predicted molar refractivity (Wildman–Crippen MR) is 65.5 cm³/mol. The van der Waals surface area contributed by atoms with E-state index in [2.05, 4.69) is 29.2 Å². The summed E-state index contributed by atoms with van der Waals surface area (Å²) in [6, 6.07) is 8.77. The molecule has 1 fully saturated rings. The Bertz CT molecular complexity index is 338. The zero-order valence-corrected chi connectivity index (χ0v) is 9.78. The lowest BCUT2D eigenvalue weighted by atomic mass is 10.00. The number of hydrogen-bond donors (Lipinski definition) is 0. The fraction of sp³-hybridized carbons (Fsp3) is 0.500. The minimum Gasteiger partial charge on any atom is -0.372 e. The maximum absolute atomic E-state index is 5.26. The van der Waals surface area contributed by atoms with Gasteiger partial charge in [-0.1, -0.05) is 24.3 Å². The average molecular weight is 223 g/mol. The summed E-state index contributed by atoms with van der Waals surface area (Å²) in [7, 11) is 0. The average Bonchev–Trinajstić information content (AvgIpc) is 3.02. The summed E-state index contributed by atoms with van der Waals surface area (Å²) in [5.74, 6) is 0. The van der Waals surface area contributed by atoms with E-state index < -0.39 is 0 Å². The number of rotatable bonds is 2. The number of hydrogen-bond acceptors (Lipinski definition) is 2. The molecular weight excluding hydrogens is 206 g/mol. The lowest BCUT2D eigenvalue weighted by molar-refractivity contribution is 0.226. The second-order valence-electron chi connectivity index (χ2n) is 4.21. The molecule has 15 heavy (non-hydrogen) atoms. The van der Waals surface area contributed by atoms with Crippen LogP contribution < -0.4 is 0 Å². The van der Waals surface area contributed by atoms with Crippen LogP contribution in [0.4, 0.5) is 0 Å². The topological polar surface area (TPSA) is 15.8 Å². The van der Waals surface area contributed by atoms with Gasteiger partial charge in [0.25, 0.3) is 0 Å². The zero-order valence-electron chi connectivity index (χ0n) is 8.78. The SMILES string of the molecule is S.c1ccc2c(c1)CCN(C[C@H]1CO1)C2. The van der Waals surface area contributed by atoms with Gasteiger partial charge in [0.2, 0.25) is 0 Å². The summed E-state index contributed by atoms with van der Waals surface area (Å²) in [6.45, 7) is 4.39. The number of fused-ring (bicyclic) bond motifs is 1. The van der Waals surface area contributed by atoms with E-state index in [4.69, 9.17) is 4.74 Å². The number of benzene rings is 1. The summed E-state index contributed by atoms with van der Waals surface area (Å²) in [5, 5.41) is 0. The first kappa shape index (κ1) is 11.0. The van der Waals surface area contributed by atoms with Crippen molar-refractivity contribution in [1.82, 2.24) is 4.90 Å². The third-order valence-corrected chi connectivity index (χ3v) is 3.07. The van der Waals surface area contributed by atoms with E-state index in [1.54, 1.807) is 0 Å². The van der Waals surface area contributed by atoms with Crippen LogP contribution in [0.25, 0.3) is 0 Å². The van der Waals surface area contributed by atoms with Crippen LogP contribution in [0, 0.1) is 0 Å². The molecular formula is C12H17NOS. The number of ether oxygens (including phenoxy) is 1. The monoisotopic (exact) mass is 223 g/mol. The Balaban J connectivity index is 0.000000853. The molecule has 3 rings (SSSR count). The van der Waals surface area contributed by atoms with Crippen molar-refractivity contribution in [3.63, 3.8) is 0 Å². The number of nitrogens with zero attached hydrogens (tertiary/aromatic N) is 1. The summed E-state index contributed by atoms with van der Waals surface area (Å²) < 4.78 is 5.26. The summed E-state index contributed by atoms with van der Waals surface area (Å²) in [5.41, 5.74) is 3.03. The van der Waals surface area contributed by atoms with Crippen LogP contribution in [-0.4, -0.2) is 30.7 Å². The standard InChI is InChI=1S/C12H15NO.H2S/c1-2-4-11-7-13(8-12-9-14-12)6-5-10(11)3-1;/h1-4,12H,5-9H2;1H2/t12-;/m0./s1.